The van der Waals surface area contributed by atoms with Crippen molar-refractivity contribution in [3.05, 3.63) is 42.5 Å². The van der Waals surface area contributed by atoms with Crippen molar-refractivity contribution in [3.8, 4) is 17.2 Å². The maximum Gasteiger partial charge on any atom is 0.227 e. The largest absolute Gasteiger partial charge is 0.497 e. The Hall–Kier alpha value is -2.82. The van der Waals surface area contributed by atoms with Gasteiger partial charge in [-0.1, -0.05) is 13.8 Å². The highest BCUT2D eigenvalue weighted by Crippen LogP contribution is 2.27. The van der Waals surface area contributed by atoms with Crippen molar-refractivity contribution in [1.29, 1.82) is 0 Å². The quantitative estimate of drug-likeness (QED) is 0.751. The number of carbonyl (C=O) groups is 1. The van der Waals surface area contributed by atoms with Gasteiger partial charge < -0.3 is 14.5 Å². The summed E-state index contributed by atoms with van der Waals surface area (Å²) in [6, 6.07) is 13.0. The molecule has 0 fully saturated rings. The van der Waals surface area contributed by atoms with Gasteiger partial charge in [0.2, 0.25) is 11.8 Å². The zero-order valence-electron chi connectivity index (χ0n) is 14.0. The number of carbonyl (C=O) groups excluding carboxylic acids is 1. The van der Waals surface area contributed by atoms with E-state index in [1.165, 1.54) is 0 Å². The lowest BCUT2D eigenvalue weighted by molar-refractivity contribution is -0.116. The first-order chi connectivity index (χ1) is 11.5. The summed E-state index contributed by atoms with van der Waals surface area (Å²) in [5.41, 5.74) is 3.08. The van der Waals surface area contributed by atoms with Crippen LogP contribution in [0.2, 0.25) is 0 Å². The van der Waals surface area contributed by atoms with E-state index in [1.807, 2.05) is 56.3 Å². The molecule has 24 heavy (non-hydrogen) atoms. The van der Waals surface area contributed by atoms with Crippen LogP contribution in [0.3, 0.4) is 0 Å². The molecule has 0 saturated carbocycles. The van der Waals surface area contributed by atoms with Gasteiger partial charge in [-0.2, -0.15) is 0 Å². The fourth-order valence-corrected chi connectivity index (χ4v) is 2.44. The number of ether oxygens (including phenoxy) is 1. The van der Waals surface area contributed by atoms with Crippen LogP contribution in [0.15, 0.2) is 46.9 Å². The number of hydrogen-bond acceptors (Lipinski definition) is 4. The normalized spacial score (nSPS) is 11.0. The molecule has 1 amide bonds. The van der Waals surface area contributed by atoms with Crippen molar-refractivity contribution in [2.75, 3.05) is 12.4 Å². The first-order valence-electron chi connectivity index (χ1n) is 7.90. The van der Waals surface area contributed by atoms with Gasteiger partial charge in [0.1, 0.15) is 11.3 Å². The standard InChI is InChI=1S/C19H20N2O3/c1-12(2)10-18(22)20-14-6-4-13(5-7-14)19-21-16-11-15(23-3)8-9-17(16)24-19/h4-9,11-12H,10H2,1-3H3,(H,20,22). The summed E-state index contributed by atoms with van der Waals surface area (Å²) in [5, 5.41) is 2.89. The first kappa shape index (κ1) is 16.1. The highest BCUT2D eigenvalue weighted by molar-refractivity contribution is 5.91. The summed E-state index contributed by atoms with van der Waals surface area (Å²) in [5.74, 6) is 1.64. The van der Waals surface area contributed by atoms with Gasteiger partial charge in [0, 0.05) is 23.7 Å². The van der Waals surface area contributed by atoms with Crippen LogP contribution in [-0.4, -0.2) is 18.0 Å². The molecule has 0 radical (unpaired) electrons. The smallest absolute Gasteiger partial charge is 0.227 e. The molecule has 1 heterocycles. The number of amides is 1. The number of anilines is 1. The lowest BCUT2D eigenvalue weighted by atomic mass is 10.1. The number of nitrogens with one attached hydrogen (secondary N) is 1. The van der Waals surface area contributed by atoms with Gasteiger partial charge in [-0.05, 0) is 42.3 Å². The molecule has 0 aliphatic carbocycles. The van der Waals surface area contributed by atoms with Crippen LogP contribution in [0.4, 0.5) is 5.69 Å². The lowest BCUT2D eigenvalue weighted by Crippen LogP contribution is -2.13. The van der Waals surface area contributed by atoms with Crippen molar-refractivity contribution < 1.29 is 13.9 Å². The third-order valence-corrected chi connectivity index (χ3v) is 3.60. The Morgan fingerprint density at radius 3 is 2.62 bits per heavy atom. The SMILES string of the molecule is COc1ccc2oc(-c3ccc(NC(=O)CC(C)C)cc3)nc2c1. The summed E-state index contributed by atoms with van der Waals surface area (Å²) in [7, 11) is 1.62. The predicted molar refractivity (Wildman–Crippen MR) is 94.1 cm³/mol. The van der Waals surface area contributed by atoms with Gasteiger partial charge in [-0.25, -0.2) is 4.98 Å². The van der Waals surface area contributed by atoms with Crippen LogP contribution in [0.25, 0.3) is 22.6 Å². The van der Waals surface area contributed by atoms with Crippen LogP contribution >= 0.6 is 0 Å². The minimum absolute atomic E-state index is 0.0201. The van der Waals surface area contributed by atoms with Crippen molar-refractivity contribution in [3.63, 3.8) is 0 Å². The third kappa shape index (κ3) is 3.56. The van der Waals surface area contributed by atoms with Gasteiger partial charge in [0.15, 0.2) is 5.58 Å². The second-order valence-electron chi connectivity index (χ2n) is 6.08. The zero-order chi connectivity index (χ0) is 17.1. The molecule has 1 N–H and O–H groups in total. The molecule has 5 nitrogen and oxygen atoms in total. The molecular formula is C19H20N2O3. The number of nitrogens with zero attached hydrogens (tertiary/aromatic N) is 1. The summed E-state index contributed by atoms with van der Waals surface area (Å²) in [6.45, 7) is 4.04. The number of oxazole rings is 1. The van der Waals surface area contributed by atoms with E-state index in [0.717, 1.165) is 22.5 Å². The molecule has 5 heteroatoms. The summed E-state index contributed by atoms with van der Waals surface area (Å²) >= 11 is 0. The summed E-state index contributed by atoms with van der Waals surface area (Å²) < 4.78 is 11.0. The van der Waals surface area contributed by atoms with Crippen molar-refractivity contribution in [1.82, 2.24) is 4.98 Å². The van der Waals surface area contributed by atoms with Crippen molar-refractivity contribution >= 4 is 22.7 Å². The van der Waals surface area contributed by atoms with E-state index >= 15 is 0 Å². The molecule has 0 atom stereocenters. The number of hydrogen-bond donors (Lipinski definition) is 1. The minimum atomic E-state index is 0.0201. The number of methoxy groups -OCH3 is 1. The fraction of sp³-hybridized carbons (Fsp3) is 0.263. The Morgan fingerprint density at radius 2 is 1.96 bits per heavy atom. The molecule has 3 aromatic rings. The molecule has 0 bridgehead atoms. The molecular weight excluding hydrogens is 304 g/mol. The van der Waals surface area contributed by atoms with Crippen LogP contribution in [-0.2, 0) is 4.79 Å². The molecule has 0 aliphatic rings. The number of aromatic nitrogens is 1. The van der Waals surface area contributed by atoms with Gasteiger partial charge in [-0.15, -0.1) is 0 Å². The number of fused-ring (bicyclic) bond motifs is 1. The molecule has 124 valence electrons. The van der Waals surface area contributed by atoms with Gasteiger partial charge >= 0.3 is 0 Å². The minimum Gasteiger partial charge on any atom is -0.497 e. The monoisotopic (exact) mass is 324 g/mol. The van der Waals surface area contributed by atoms with E-state index in [0.29, 0.717) is 23.8 Å². The highest BCUT2D eigenvalue weighted by Gasteiger charge is 2.10. The Labute approximate surface area is 140 Å². The molecule has 1 aromatic heterocycles. The average Bonchev–Trinajstić information content (AvgIpc) is 2.97. The Balaban J connectivity index is 1.79. The van der Waals surface area contributed by atoms with Crippen LogP contribution in [0.1, 0.15) is 20.3 Å². The third-order valence-electron chi connectivity index (χ3n) is 3.60. The summed E-state index contributed by atoms with van der Waals surface area (Å²) in [4.78, 5) is 16.3. The van der Waals surface area contributed by atoms with Crippen LogP contribution in [0, 0.1) is 5.92 Å². The first-order valence-corrected chi connectivity index (χ1v) is 7.90. The molecule has 0 spiro atoms. The second-order valence-corrected chi connectivity index (χ2v) is 6.08. The van der Waals surface area contributed by atoms with Crippen molar-refractivity contribution in [2.24, 2.45) is 5.92 Å². The zero-order valence-corrected chi connectivity index (χ0v) is 14.0. The van der Waals surface area contributed by atoms with E-state index < -0.39 is 0 Å². The molecule has 0 saturated heterocycles. The van der Waals surface area contributed by atoms with Gasteiger partial charge in [0.25, 0.3) is 0 Å². The van der Waals surface area contributed by atoms with Crippen molar-refractivity contribution in [2.45, 2.75) is 20.3 Å². The van der Waals surface area contributed by atoms with E-state index in [-0.39, 0.29) is 5.91 Å². The van der Waals surface area contributed by atoms with Crippen LogP contribution < -0.4 is 10.1 Å². The Kier molecular flexibility index (Phi) is 4.51. The maximum atomic E-state index is 11.8. The highest BCUT2D eigenvalue weighted by atomic mass is 16.5. The Bertz CT molecular complexity index is 851. The average molecular weight is 324 g/mol. The predicted octanol–water partition coefficient (Wildman–Crippen LogP) is 4.49. The maximum absolute atomic E-state index is 11.8. The molecule has 0 unspecified atom stereocenters. The molecule has 2 aromatic carbocycles. The van der Waals surface area contributed by atoms with E-state index in [9.17, 15) is 4.79 Å². The molecule has 3 rings (SSSR count). The Morgan fingerprint density at radius 1 is 1.21 bits per heavy atom. The topological polar surface area (TPSA) is 64.4 Å². The van der Waals surface area contributed by atoms with E-state index in [1.54, 1.807) is 7.11 Å². The van der Waals surface area contributed by atoms with E-state index in [4.69, 9.17) is 9.15 Å². The van der Waals surface area contributed by atoms with E-state index in [2.05, 4.69) is 10.3 Å². The van der Waals surface area contributed by atoms with Gasteiger partial charge in [-0.3, -0.25) is 4.79 Å². The molecule has 0 aliphatic heterocycles. The van der Waals surface area contributed by atoms with Gasteiger partial charge in [0.05, 0.1) is 7.11 Å². The fourth-order valence-electron chi connectivity index (χ4n) is 2.44. The lowest BCUT2D eigenvalue weighted by Gasteiger charge is -2.07. The van der Waals surface area contributed by atoms with Crippen LogP contribution in [0.5, 0.6) is 5.75 Å². The number of benzene rings is 2. The summed E-state index contributed by atoms with van der Waals surface area (Å²) in [6.07, 6.45) is 0.509. The second kappa shape index (κ2) is 6.74. The number of rotatable bonds is 5.